The molecule has 0 radical (unpaired) electrons. The zero-order chi connectivity index (χ0) is 28.4. The van der Waals surface area contributed by atoms with Gasteiger partial charge < -0.3 is 4.74 Å². The second kappa shape index (κ2) is 11.3. The van der Waals surface area contributed by atoms with E-state index in [0.717, 1.165) is 17.5 Å². The third-order valence-electron chi connectivity index (χ3n) is 8.37. The predicted octanol–water partition coefficient (Wildman–Crippen LogP) is 9.16. The first kappa shape index (κ1) is 26.2. The van der Waals surface area contributed by atoms with Gasteiger partial charge in [-0.1, -0.05) is 121 Å². The van der Waals surface area contributed by atoms with Crippen molar-refractivity contribution in [2.75, 3.05) is 7.11 Å². The molecule has 0 fully saturated rings. The van der Waals surface area contributed by atoms with Crippen LogP contribution in [0.3, 0.4) is 0 Å². The molecule has 0 saturated carbocycles. The largest absolute Gasteiger partial charge is 0.496 e. The number of methoxy groups -OCH3 is 1. The van der Waals surface area contributed by atoms with Gasteiger partial charge in [0, 0.05) is 11.1 Å². The van der Waals surface area contributed by atoms with Gasteiger partial charge >= 0.3 is 0 Å². The maximum Gasteiger partial charge on any atom is 0.127 e. The molecule has 7 aromatic carbocycles. The maximum atomic E-state index is 6.10. The Kier molecular flexibility index (Phi) is 7.04. The van der Waals surface area contributed by atoms with Gasteiger partial charge in [-0.15, -0.1) is 0 Å². The van der Waals surface area contributed by atoms with E-state index in [1.54, 1.807) is 7.11 Å². The molecule has 1 nitrogen and oxygen atoms in total. The van der Waals surface area contributed by atoms with Crippen molar-refractivity contribution in [3.63, 3.8) is 0 Å². The quantitative estimate of drug-likeness (QED) is 0.177. The van der Waals surface area contributed by atoms with Gasteiger partial charge in [0.15, 0.2) is 0 Å². The molecular weight excluding hydrogens is 527 g/mol. The summed E-state index contributed by atoms with van der Waals surface area (Å²) in [6.07, 6.45) is 0.886. The molecule has 0 spiro atoms. The summed E-state index contributed by atoms with van der Waals surface area (Å²) in [4.78, 5) is 0. The predicted molar refractivity (Wildman–Crippen MR) is 182 cm³/mol. The van der Waals surface area contributed by atoms with E-state index < -0.39 is 7.26 Å². The summed E-state index contributed by atoms with van der Waals surface area (Å²) >= 11 is 0. The van der Waals surface area contributed by atoms with Gasteiger partial charge in [-0.25, -0.2) is 0 Å². The van der Waals surface area contributed by atoms with Crippen LogP contribution in [0.5, 0.6) is 5.75 Å². The van der Waals surface area contributed by atoms with Crippen LogP contribution in [0.2, 0.25) is 0 Å². The molecular formula is C40H32OP+. The van der Waals surface area contributed by atoms with Gasteiger partial charge in [-0.2, -0.15) is 0 Å². The van der Waals surface area contributed by atoms with Gasteiger partial charge in [0.2, 0.25) is 0 Å². The minimum atomic E-state index is -2.13. The van der Waals surface area contributed by atoms with Gasteiger partial charge in [0.25, 0.3) is 0 Å². The highest BCUT2D eigenvalue weighted by molar-refractivity contribution is 7.95. The Morgan fingerprint density at radius 1 is 0.429 bits per heavy atom. The molecule has 0 saturated heterocycles. The van der Waals surface area contributed by atoms with E-state index in [-0.39, 0.29) is 0 Å². The molecule has 0 heterocycles. The summed E-state index contributed by atoms with van der Waals surface area (Å²) < 4.78 is 6.10. The van der Waals surface area contributed by atoms with Gasteiger partial charge in [0.1, 0.15) is 28.9 Å². The van der Waals surface area contributed by atoms with E-state index in [0.29, 0.717) is 0 Å². The SMILES string of the molecule is COc1ccc2ccccc2c1-c1c(C[P+](c2ccccc2)(c2ccccc2)c2ccccc2)ccc2ccccc12. The fourth-order valence-electron chi connectivity index (χ4n) is 6.45. The van der Waals surface area contributed by atoms with Crippen molar-refractivity contribution in [2.45, 2.75) is 6.16 Å². The van der Waals surface area contributed by atoms with E-state index in [9.17, 15) is 0 Å². The minimum absolute atomic E-state index is 0.886. The number of benzene rings is 7. The lowest BCUT2D eigenvalue weighted by Crippen LogP contribution is -2.32. The Morgan fingerprint density at radius 3 is 1.36 bits per heavy atom. The van der Waals surface area contributed by atoms with Crippen molar-refractivity contribution >= 4 is 44.7 Å². The van der Waals surface area contributed by atoms with E-state index >= 15 is 0 Å². The molecule has 0 aromatic heterocycles. The number of hydrogen-bond acceptors (Lipinski definition) is 1. The van der Waals surface area contributed by atoms with Crippen LogP contribution in [0.4, 0.5) is 0 Å². The van der Waals surface area contributed by atoms with Crippen LogP contribution >= 0.6 is 7.26 Å². The fraction of sp³-hybridized carbons (Fsp3) is 0.0500. The van der Waals surface area contributed by atoms with Crippen molar-refractivity contribution in [3.05, 3.63) is 169 Å². The normalized spacial score (nSPS) is 11.5. The van der Waals surface area contributed by atoms with Gasteiger partial charge in [-0.05, 0) is 69.6 Å². The van der Waals surface area contributed by atoms with Crippen molar-refractivity contribution in [1.82, 2.24) is 0 Å². The number of ether oxygens (including phenoxy) is 1. The smallest absolute Gasteiger partial charge is 0.127 e. The van der Waals surface area contributed by atoms with Crippen molar-refractivity contribution in [2.24, 2.45) is 0 Å². The van der Waals surface area contributed by atoms with Gasteiger partial charge in [0.05, 0.1) is 13.3 Å². The molecule has 0 bridgehead atoms. The van der Waals surface area contributed by atoms with Crippen LogP contribution in [0.1, 0.15) is 5.56 Å². The molecule has 42 heavy (non-hydrogen) atoms. The maximum absolute atomic E-state index is 6.10. The Bertz CT molecular complexity index is 1890. The summed E-state index contributed by atoms with van der Waals surface area (Å²) in [5.41, 5.74) is 3.75. The minimum Gasteiger partial charge on any atom is -0.496 e. The zero-order valence-electron chi connectivity index (χ0n) is 23.7. The van der Waals surface area contributed by atoms with E-state index in [2.05, 4.69) is 164 Å². The molecule has 0 unspecified atom stereocenters. The van der Waals surface area contributed by atoms with Crippen molar-refractivity contribution in [3.8, 4) is 16.9 Å². The third-order valence-corrected chi connectivity index (χ3v) is 12.7. The molecule has 0 atom stereocenters. The first-order valence-corrected chi connectivity index (χ1v) is 16.4. The van der Waals surface area contributed by atoms with E-state index in [1.807, 2.05) is 0 Å². The molecule has 0 aliphatic rings. The van der Waals surface area contributed by atoms with Gasteiger partial charge in [-0.3, -0.25) is 0 Å². The molecule has 2 heteroatoms. The third kappa shape index (κ3) is 4.48. The number of fused-ring (bicyclic) bond motifs is 2. The Labute approximate surface area is 248 Å². The van der Waals surface area contributed by atoms with Crippen molar-refractivity contribution in [1.29, 1.82) is 0 Å². The highest BCUT2D eigenvalue weighted by Crippen LogP contribution is 2.59. The van der Waals surface area contributed by atoms with E-state index in [4.69, 9.17) is 4.74 Å². The van der Waals surface area contributed by atoms with Crippen LogP contribution in [-0.2, 0) is 6.16 Å². The zero-order valence-corrected chi connectivity index (χ0v) is 24.5. The molecule has 0 aliphatic carbocycles. The Hall–Kier alpha value is -4.71. The van der Waals surface area contributed by atoms with Crippen LogP contribution < -0.4 is 20.7 Å². The topological polar surface area (TPSA) is 9.23 Å². The summed E-state index contributed by atoms with van der Waals surface area (Å²) in [7, 11) is -0.340. The molecule has 0 aliphatic heterocycles. The first-order valence-electron chi connectivity index (χ1n) is 14.4. The highest BCUT2D eigenvalue weighted by Gasteiger charge is 2.46. The lowest BCUT2D eigenvalue weighted by atomic mass is 9.90. The standard InChI is InChI=1S/C40H32OP/c1-41-38-28-27-31-16-12-14-24-37(31)40(38)39-32(26-25-30-15-11-13-23-36(30)39)29-42(33-17-5-2-6-18-33,34-19-7-3-8-20-34)35-21-9-4-10-22-35/h2-28H,29H2,1H3/q+1. The second-order valence-electron chi connectivity index (χ2n) is 10.7. The summed E-state index contributed by atoms with van der Waals surface area (Å²) in [6, 6.07) is 59.8. The van der Waals surface area contributed by atoms with Crippen LogP contribution in [0, 0.1) is 0 Å². The number of rotatable bonds is 7. The number of hydrogen-bond donors (Lipinski definition) is 0. The molecule has 0 amide bonds. The molecule has 7 aromatic rings. The highest BCUT2D eigenvalue weighted by atomic mass is 31.2. The van der Waals surface area contributed by atoms with Crippen LogP contribution in [-0.4, -0.2) is 7.11 Å². The molecule has 7 rings (SSSR count). The van der Waals surface area contributed by atoms with Crippen LogP contribution in [0.25, 0.3) is 32.7 Å². The molecule has 0 N–H and O–H groups in total. The van der Waals surface area contributed by atoms with Crippen molar-refractivity contribution < 1.29 is 4.74 Å². The summed E-state index contributed by atoms with van der Waals surface area (Å²) in [5, 5.41) is 9.04. The lowest BCUT2D eigenvalue weighted by molar-refractivity contribution is 0.417. The first-order chi connectivity index (χ1) is 20.8. The fourth-order valence-corrected chi connectivity index (χ4v) is 10.7. The summed E-state index contributed by atoms with van der Waals surface area (Å²) in [6.45, 7) is 0. The average Bonchev–Trinajstić information content (AvgIpc) is 3.08. The van der Waals surface area contributed by atoms with E-state index in [1.165, 1.54) is 48.6 Å². The summed E-state index contributed by atoms with van der Waals surface area (Å²) in [5.74, 6) is 0.898. The van der Waals surface area contributed by atoms with Crippen LogP contribution in [0.15, 0.2) is 164 Å². The molecule has 202 valence electrons. The monoisotopic (exact) mass is 559 g/mol. The lowest BCUT2D eigenvalue weighted by Gasteiger charge is -2.29. The average molecular weight is 560 g/mol. The second-order valence-corrected chi connectivity index (χ2v) is 14.1. The Morgan fingerprint density at radius 2 is 0.857 bits per heavy atom. The Balaban J connectivity index is 1.60.